The highest BCUT2D eigenvalue weighted by atomic mass is 16.5. The Hall–Kier alpha value is -2.24. The second-order valence-electron chi connectivity index (χ2n) is 6.31. The van der Waals surface area contributed by atoms with Crippen LogP contribution in [0.5, 0.6) is 5.75 Å². The van der Waals surface area contributed by atoms with Gasteiger partial charge in [0, 0.05) is 38.7 Å². The molecule has 1 aromatic carbocycles. The molecule has 2 rings (SSSR count). The highest BCUT2D eigenvalue weighted by molar-refractivity contribution is 5.81. The van der Waals surface area contributed by atoms with Crippen LogP contribution in [0.2, 0.25) is 0 Å². The summed E-state index contributed by atoms with van der Waals surface area (Å²) >= 11 is 0. The number of carbonyl (C=O) groups excluding carboxylic acids is 1. The van der Waals surface area contributed by atoms with E-state index in [1.54, 1.807) is 7.05 Å². The molecular weight excluding hydrogens is 316 g/mol. The van der Waals surface area contributed by atoms with Crippen LogP contribution in [-0.4, -0.2) is 38.6 Å². The first kappa shape index (κ1) is 19.1. The fraction of sp³-hybridized carbons (Fsp3) is 0.579. The van der Waals surface area contributed by atoms with Gasteiger partial charge in [0.05, 0.1) is 6.61 Å². The summed E-state index contributed by atoms with van der Waals surface area (Å²) in [5.41, 5.74) is 1.10. The molecule has 0 radical (unpaired) electrons. The quantitative estimate of drug-likeness (QED) is 0.448. The number of nitrogens with one attached hydrogen (secondary N) is 3. The minimum absolute atomic E-state index is 0.0589. The Balaban J connectivity index is 1.73. The minimum atomic E-state index is 0.0589. The van der Waals surface area contributed by atoms with E-state index in [9.17, 15) is 4.79 Å². The van der Waals surface area contributed by atoms with Crippen molar-refractivity contribution in [2.45, 2.75) is 39.2 Å². The second kappa shape index (κ2) is 10.6. The lowest BCUT2D eigenvalue weighted by molar-refractivity contribution is -0.120. The van der Waals surface area contributed by atoms with Crippen LogP contribution in [0.15, 0.2) is 29.3 Å². The SMILES string of the molecule is CCCNC(=O)CCNC(=NC)NCc1ccccc1OCC1CC1. The fourth-order valence-electron chi connectivity index (χ4n) is 2.33. The van der Waals surface area contributed by atoms with Gasteiger partial charge in [-0.25, -0.2) is 0 Å². The molecule has 0 unspecified atom stereocenters. The number of ether oxygens (including phenoxy) is 1. The number of amides is 1. The van der Waals surface area contributed by atoms with Gasteiger partial charge in [-0.05, 0) is 31.2 Å². The van der Waals surface area contributed by atoms with E-state index in [4.69, 9.17) is 4.74 Å². The van der Waals surface area contributed by atoms with Crippen LogP contribution in [0.4, 0.5) is 0 Å². The van der Waals surface area contributed by atoms with Crippen LogP contribution in [-0.2, 0) is 11.3 Å². The van der Waals surface area contributed by atoms with Crippen LogP contribution >= 0.6 is 0 Å². The lowest BCUT2D eigenvalue weighted by Gasteiger charge is -2.14. The van der Waals surface area contributed by atoms with Gasteiger partial charge in [-0.2, -0.15) is 0 Å². The average Bonchev–Trinajstić information content (AvgIpc) is 3.46. The van der Waals surface area contributed by atoms with E-state index >= 15 is 0 Å². The molecule has 1 aromatic rings. The van der Waals surface area contributed by atoms with E-state index in [0.29, 0.717) is 25.5 Å². The number of hydrogen-bond acceptors (Lipinski definition) is 3. The highest BCUT2D eigenvalue weighted by Gasteiger charge is 2.22. The summed E-state index contributed by atoms with van der Waals surface area (Å²) in [7, 11) is 1.72. The van der Waals surface area contributed by atoms with Crippen molar-refractivity contribution in [3.8, 4) is 5.75 Å². The Morgan fingerprint density at radius 1 is 1.20 bits per heavy atom. The number of para-hydroxylation sites is 1. The fourth-order valence-corrected chi connectivity index (χ4v) is 2.33. The van der Waals surface area contributed by atoms with Crippen LogP contribution in [0.3, 0.4) is 0 Å². The summed E-state index contributed by atoms with van der Waals surface area (Å²) in [6, 6.07) is 8.07. The third-order valence-corrected chi connectivity index (χ3v) is 4.03. The first-order chi connectivity index (χ1) is 12.2. The van der Waals surface area contributed by atoms with Crippen molar-refractivity contribution in [2.24, 2.45) is 10.9 Å². The van der Waals surface area contributed by atoms with E-state index in [-0.39, 0.29) is 5.91 Å². The van der Waals surface area contributed by atoms with Crippen molar-refractivity contribution >= 4 is 11.9 Å². The van der Waals surface area contributed by atoms with Gasteiger partial charge in [-0.1, -0.05) is 25.1 Å². The molecule has 1 aliphatic rings. The maximum Gasteiger partial charge on any atom is 0.221 e. The Kier molecular flexibility index (Phi) is 8.09. The molecule has 0 heterocycles. The summed E-state index contributed by atoms with van der Waals surface area (Å²) in [5, 5.41) is 9.30. The molecule has 6 heteroatoms. The zero-order chi connectivity index (χ0) is 17.9. The van der Waals surface area contributed by atoms with Gasteiger partial charge >= 0.3 is 0 Å². The monoisotopic (exact) mass is 346 g/mol. The van der Waals surface area contributed by atoms with Gasteiger partial charge < -0.3 is 20.7 Å². The Bertz CT molecular complexity index is 570. The van der Waals surface area contributed by atoms with Crippen molar-refractivity contribution < 1.29 is 9.53 Å². The predicted octanol–water partition coefficient (Wildman–Crippen LogP) is 2.06. The summed E-state index contributed by atoms with van der Waals surface area (Å²) in [6.07, 6.45) is 3.94. The topological polar surface area (TPSA) is 74.8 Å². The smallest absolute Gasteiger partial charge is 0.221 e. The Morgan fingerprint density at radius 3 is 2.72 bits per heavy atom. The average molecular weight is 346 g/mol. The molecule has 1 amide bonds. The molecule has 1 aliphatic carbocycles. The molecule has 6 nitrogen and oxygen atoms in total. The molecule has 0 aromatic heterocycles. The molecular formula is C19H30N4O2. The van der Waals surface area contributed by atoms with Gasteiger partial charge in [0.1, 0.15) is 5.75 Å². The Labute approximate surface area is 150 Å². The van der Waals surface area contributed by atoms with Crippen molar-refractivity contribution in [1.82, 2.24) is 16.0 Å². The molecule has 25 heavy (non-hydrogen) atoms. The zero-order valence-corrected chi connectivity index (χ0v) is 15.3. The number of nitrogens with zero attached hydrogens (tertiary/aromatic N) is 1. The largest absolute Gasteiger partial charge is 0.493 e. The number of carbonyl (C=O) groups is 1. The van der Waals surface area contributed by atoms with E-state index in [2.05, 4.69) is 27.0 Å². The van der Waals surface area contributed by atoms with E-state index in [1.807, 2.05) is 25.1 Å². The lowest BCUT2D eigenvalue weighted by atomic mass is 10.2. The number of rotatable bonds is 10. The van der Waals surface area contributed by atoms with E-state index < -0.39 is 0 Å². The van der Waals surface area contributed by atoms with Crippen molar-refractivity contribution in [3.05, 3.63) is 29.8 Å². The molecule has 3 N–H and O–H groups in total. The van der Waals surface area contributed by atoms with Gasteiger partial charge in [0.2, 0.25) is 5.91 Å². The molecule has 0 atom stereocenters. The van der Waals surface area contributed by atoms with Gasteiger partial charge in [-0.3, -0.25) is 9.79 Å². The summed E-state index contributed by atoms with van der Waals surface area (Å²) in [5.74, 6) is 2.40. The van der Waals surface area contributed by atoms with Gasteiger partial charge in [0.15, 0.2) is 5.96 Å². The number of aliphatic imine (C=N–C) groups is 1. The lowest BCUT2D eigenvalue weighted by Crippen LogP contribution is -2.39. The zero-order valence-electron chi connectivity index (χ0n) is 15.3. The third-order valence-electron chi connectivity index (χ3n) is 4.03. The normalized spacial score (nSPS) is 14.1. The van der Waals surface area contributed by atoms with Crippen molar-refractivity contribution in [2.75, 3.05) is 26.7 Å². The number of guanidine groups is 1. The molecule has 0 aliphatic heterocycles. The third kappa shape index (κ3) is 7.45. The van der Waals surface area contributed by atoms with E-state index in [0.717, 1.165) is 36.8 Å². The molecule has 1 fully saturated rings. The van der Waals surface area contributed by atoms with Crippen LogP contribution in [0.1, 0.15) is 38.2 Å². The molecule has 0 bridgehead atoms. The molecule has 0 saturated heterocycles. The number of hydrogen-bond donors (Lipinski definition) is 3. The van der Waals surface area contributed by atoms with Gasteiger partial charge in [0.25, 0.3) is 0 Å². The number of benzene rings is 1. The molecule has 138 valence electrons. The van der Waals surface area contributed by atoms with Crippen molar-refractivity contribution in [1.29, 1.82) is 0 Å². The maximum atomic E-state index is 11.6. The highest BCUT2D eigenvalue weighted by Crippen LogP contribution is 2.30. The maximum absolute atomic E-state index is 11.6. The minimum Gasteiger partial charge on any atom is -0.493 e. The molecule has 0 spiro atoms. The standard InChI is InChI=1S/C19H30N4O2/c1-3-11-21-18(24)10-12-22-19(20-2)23-13-16-6-4-5-7-17(16)25-14-15-8-9-15/h4-7,15H,3,8-14H2,1-2H3,(H,21,24)(H2,20,22,23). The van der Waals surface area contributed by atoms with E-state index in [1.165, 1.54) is 12.8 Å². The van der Waals surface area contributed by atoms with Gasteiger partial charge in [-0.15, -0.1) is 0 Å². The summed E-state index contributed by atoms with van der Waals surface area (Å²) in [4.78, 5) is 15.8. The Morgan fingerprint density at radius 2 is 2.00 bits per heavy atom. The van der Waals surface area contributed by atoms with Crippen LogP contribution in [0.25, 0.3) is 0 Å². The predicted molar refractivity (Wildman–Crippen MR) is 101 cm³/mol. The van der Waals surface area contributed by atoms with Crippen molar-refractivity contribution in [3.63, 3.8) is 0 Å². The first-order valence-electron chi connectivity index (χ1n) is 9.14. The summed E-state index contributed by atoms with van der Waals surface area (Å²) in [6.45, 7) is 4.74. The van der Waals surface area contributed by atoms with Crippen LogP contribution in [0, 0.1) is 5.92 Å². The summed E-state index contributed by atoms with van der Waals surface area (Å²) < 4.78 is 5.92. The van der Waals surface area contributed by atoms with Crippen LogP contribution < -0.4 is 20.7 Å². The second-order valence-corrected chi connectivity index (χ2v) is 6.31. The molecule has 1 saturated carbocycles. The first-order valence-corrected chi connectivity index (χ1v) is 9.14.